The third-order valence-corrected chi connectivity index (χ3v) is 3.24. The monoisotopic (exact) mass is 264 g/mol. The van der Waals surface area contributed by atoms with Crippen molar-refractivity contribution in [3.8, 4) is 0 Å². The number of aromatic nitrogens is 2. The minimum Gasteiger partial charge on any atom is -0.370 e. The fraction of sp³-hybridized carbons (Fsp3) is 0.692. The molecule has 6 heteroatoms. The SMILES string of the molecule is CCCNc1cc(NCCN(C)C2CC2)nc(N)n1. The summed E-state index contributed by atoms with van der Waals surface area (Å²) in [5, 5.41) is 6.52. The Labute approximate surface area is 114 Å². The fourth-order valence-electron chi connectivity index (χ4n) is 1.96. The average Bonchev–Trinajstić information content (AvgIpc) is 3.20. The van der Waals surface area contributed by atoms with Crippen LogP contribution in [-0.4, -0.2) is 47.6 Å². The van der Waals surface area contributed by atoms with Crippen LogP contribution in [0.15, 0.2) is 6.07 Å². The number of nitrogens with zero attached hydrogens (tertiary/aromatic N) is 3. The Morgan fingerprint density at radius 3 is 2.47 bits per heavy atom. The van der Waals surface area contributed by atoms with Gasteiger partial charge in [-0.15, -0.1) is 0 Å². The van der Waals surface area contributed by atoms with E-state index in [0.29, 0.717) is 5.95 Å². The number of nitrogen functional groups attached to an aromatic ring is 1. The Hall–Kier alpha value is -1.56. The summed E-state index contributed by atoms with van der Waals surface area (Å²) in [7, 11) is 2.17. The number of likely N-dealkylation sites (N-methyl/N-ethyl adjacent to an activating group) is 1. The molecule has 0 spiro atoms. The lowest BCUT2D eigenvalue weighted by molar-refractivity contribution is 0.337. The molecular formula is C13H24N6. The van der Waals surface area contributed by atoms with Gasteiger partial charge in [-0.3, -0.25) is 0 Å². The summed E-state index contributed by atoms with van der Waals surface area (Å²) in [6, 6.07) is 2.70. The molecule has 2 rings (SSSR count). The Morgan fingerprint density at radius 2 is 1.89 bits per heavy atom. The number of anilines is 3. The molecule has 0 amide bonds. The highest BCUT2D eigenvalue weighted by Crippen LogP contribution is 2.24. The molecule has 1 fully saturated rings. The molecule has 0 unspecified atom stereocenters. The first-order valence-corrected chi connectivity index (χ1v) is 7.01. The van der Waals surface area contributed by atoms with Crippen LogP contribution in [0.4, 0.5) is 17.6 Å². The molecule has 0 saturated heterocycles. The Balaban J connectivity index is 1.82. The van der Waals surface area contributed by atoms with E-state index in [9.17, 15) is 0 Å². The molecule has 0 aliphatic heterocycles. The van der Waals surface area contributed by atoms with Crippen molar-refractivity contribution in [2.24, 2.45) is 0 Å². The highest BCUT2D eigenvalue weighted by Gasteiger charge is 2.25. The predicted octanol–water partition coefficient (Wildman–Crippen LogP) is 1.39. The summed E-state index contributed by atoms with van der Waals surface area (Å²) < 4.78 is 0. The maximum atomic E-state index is 5.71. The van der Waals surface area contributed by atoms with Crippen LogP contribution in [0.5, 0.6) is 0 Å². The summed E-state index contributed by atoms with van der Waals surface area (Å²) in [5.41, 5.74) is 5.71. The number of nitrogens with two attached hydrogens (primary N) is 1. The zero-order chi connectivity index (χ0) is 13.7. The third kappa shape index (κ3) is 4.55. The standard InChI is InChI=1S/C13H24N6/c1-3-6-15-11-9-12(18-13(14)17-11)16-7-8-19(2)10-4-5-10/h9-10H,3-8H2,1-2H3,(H4,14,15,16,17,18). The maximum Gasteiger partial charge on any atom is 0.223 e. The van der Waals surface area contributed by atoms with Crippen LogP contribution >= 0.6 is 0 Å². The molecule has 1 aliphatic carbocycles. The number of hydrogen-bond acceptors (Lipinski definition) is 6. The highest BCUT2D eigenvalue weighted by atomic mass is 15.2. The van der Waals surface area contributed by atoms with Gasteiger partial charge in [0.05, 0.1) is 0 Å². The molecule has 1 saturated carbocycles. The van der Waals surface area contributed by atoms with E-state index in [-0.39, 0.29) is 0 Å². The third-order valence-electron chi connectivity index (χ3n) is 3.24. The van der Waals surface area contributed by atoms with Crippen molar-refractivity contribution in [2.75, 3.05) is 43.0 Å². The van der Waals surface area contributed by atoms with Crippen LogP contribution in [0, 0.1) is 0 Å². The summed E-state index contributed by atoms with van der Waals surface area (Å²) >= 11 is 0. The average molecular weight is 264 g/mol. The van der Waals surface area contributed by atoms with E-state index >= 15 is 0 Å². The predicted molar refractivity (Wildman–Crippen MR) is 79.4 cm³/mol. The van der Waals surface area contributed by atoms with Crippen LogP contribution in [0.25, 0.3) is 0 Å². The molecule has 1 aliphatic rings. The van der Waals surface area contributed by atoms with E-state index in [2.05, 4.69) is 39.5 Å². The van der Waals surface area contributed by atoms with Gasteiger partial charge in [0.1, 0.15) is 11.6 Å². The van der Waals surface area contributed by atoms with Gasteiger partial charge < -0.3 is 21.3 Å². The molecule has 1 aromatic heterocycles. The molecule has 106 valence electrons. The molecular weight excluding hydrogens is 240 g/mol. The molecule has 1 heterocycles. The zero-order valence-corrected chi connectivity index (χ0v) is 11.8. The Bertz CT molecular complexity index is 404. The summed E-state index contributed by atoms with van der Waals surface area (Å²) in [6.45, 7) is 4.90. The van der Waals surface area contributed by atoms with Crippen molar-refractivity contribution in [2.45, 2.75) is 32.2 Å². The molecule has 0 aromatic carbocycles. The van der Waals surface area contributed by atoms with Crippen LogP contribution < -0.4 is 16.4 Å². The van der Waals surface area contributed by atoms with Crippen LogP contribution in [0.3, 0.4) is 0 Å². The Kier molecular flexibility index (Phi) is 4.79. The molecule has 19 heavy (non-hydrogen) atoms. The van der Waals surface area contributed by atoms with Gasteiger partial charge in [0.25, 0.3) is 0 Å². The summed E-state index contributed by atoms with van der Waals surface area (Å²) in [6.07, 6.45) is 3.73. The summed E-state index contributed by atoms with van der Waals surface area (Å²) in [4.78, 5) is 10.7. The number of nitrogens with one attached hydrogen (secondary N) is 2. The van der Waals surface area contributed by atoms with Crippen molar-refractivity contribution in [1.82, 2.24) is 14.9 Å². The second kappa shape index (κ2) is 6.56. The lowest BCUT2D eigenvalue weighted by Gasteiger charge is -2.16. The van der Waals surface area contributed by atoms with Gasteiger partial charge in [0.15, 0.2) is 0 Å². The van der Waals surface area contributed by atoms with Gasteiger partial charge in [-0.1, -0.05) is 6.92 Å². The smallest absolute Gasteiger partial charge is 0.223 e. The normalized spacial score (nSPS) is 14.7. The molecule has 0 atom stereocenters. The van der Waals surface area contributed by atoms with E-state index < -0.39 is 0 Å². The topological polar surface area (TPSA) is 79.1 Å². The first-order valence-electron chi connectivity index (χ1n) is 7.01. The van der Waals surface area contributed by atoms with Gasteiger partial charge in [-0.05, 0) is 26.3 Å². The van der Waals surface area contributed by atoms with Crippen LogP contribution in [0.1, 0.15) is 26.2 Å². The van der Waals surface area contributed by atoms with Crippen LogP contribution in [0.2, 0.25) is 0 Å². The second-order valence-electron chi connectivity index (χ2n) is 5.06. The van der Waals surface area contributed by atoms with E-state index in [1.807, 2.05) is 6.07 Å². The van der Waals surface area contributed by atoms with Gasteiger partial charge in [-0.25, -0.2) is 0 Å². The van der Waals surface area contributed by atoms with Crippen molar-refractivity contribution >= 4 is 17.6 Å². The van der Waals surface area contributed by atoms with E-state index in [1.165, 1.54) is 12.8 Å². The van der Waals surface area contributed by atoms with Crippen molar-refractivity contribution in [3.63, 3.8) is 0 Å². The van der Waals surface area contributed by atoms with E-state index in [1.54, 1.807) is 0 Å². The zero-order valence-electron chi connectivity index (χ0n) is 11.8. The maximum absolute atomic E-state index is 5.71. The minimum atomic E-state index is 0.305. The van der Waals surface area contributed by atoms with Gasteiger partial charge >= 0.3 is 0 Å². The van der Waals surface area contributed by atoms with Crippen molar-refractivity contribution in [1.29, 1.82) is 0 Å². The second-order valence-corrected chi connectivity index (χ2v) is 5.06. The van der Waals surface area contributed by atoms with E-state index in [4.69, 9.17) is 5.73 Å². The fourth-order valence-corrected chi connectivity index (χ4v) is 1.96. The lowest BCUT2D eigenvalue weighted by Crippen LogP contribution is -2.27. The first-order chi connectivity index (χ1) is 9.19. The van der Waals surface area contributed by atoms with Gasteiger partial charge in [-0.2, -0.15) is 9.97 Å². The molecule has 4 N–H and O–H groups in total. The van der Waals surface area contributed by atoms with Crippen molar-refractivity contribution < 1.29 is 0 Å². The van der Waals surface area contributed by atoms with Gasteiger partial charge in [0.2, 0.25) is 5.95 Å². The minimum absolute atomic E-state index is 0.305. The Morgan fingerprint density at radius 1 is 1.26 bits per heavy atom. The largest absolute Gasteiger partial charge is 0.370 e. The van der Waals surface area contributed by atoms with Crippen molar-refractivity contribution in [3.05, 3.63) is 6.07 Å². The molecule has 6 nitrogen and oxygen atoms in total. The summed E-state index contributed by atoms with van der Waals surface area (Å²) in [5.74, 6) is 1.88. The quantitative estimate of drug-likeness (QED) is 0.658. The van der Waals surface area contributed by atoms with Crippen LogP contribution in [-0.2, 0) is 0 Å². The molecule has 1 aromatic rings. The van der Waals surface area contributed by atoms with Gasteiger partial charge in [0, 0.05) is 31.7 Å². The molecule has 0 bridgehead atoms. The van der Waals surface area contributed by atoms with E-state index in [0.717, 1.165) is 43.7 Å². The number of rotatable bonds is 8. The first kappa shape index (κ1) is 13.9. The lowest BCUT2D eigenvalue weighted by atomic mass is 10.4. The molecule has 0 radical (unpaired) electrons. The highest BCUT2D eigenvalue weighted by molar-refractivity contribution is 5.50. The number of hydrogen-bond donors (Lipinski definition) is 3.